The molecule has 1 atom stereocenters. The van der Waals surface area contributed by atoms with Crippen LogP contribution in [0.3, 0.4) is 0 Å². The molecule has 3 aromatic heterocycles. The van der Waals surface area contributed by atoms with Gasteiger partial charge in [0.05, 0.1) is 23.6 Å². The van der Waals surface area contributed by atoms with Crippen LogP contribution < -0.4 is 10.6 Å². The van der Waals surface area contributed by atoms with Crippen molar-refractivity contribution in [1.82, 2.24) is 40.0 Å². The van der Waals surface area contributed by atoms with E-state index in [0.29, 0.717) is 62.6 Å². The number of pyridine rings is 2. The number of fused-ring (bicyclic) bond motifs is 3. The van der Waals surface area contributed by atoms with E-state index in [4.69, 9.17) is 14.7 Å². The summed E-state index contributed by atoms with van der Waals surface area (Å²) in [7, 11) is 0. The molecule has 14 nitrogen and oxygen atoms in total. The third-order valence-electron chi connectivity index (χ3n) is 12.1. The number of unbranched alkanes of at least 4 members (excludes halogenated alkanes) is 1. The number of amides is 5. The summed E-state index contributed by atoms with van der Waals surface area (Å²) in [6.07, 6.45) is 11.3. The normalized spacial score (nSPS) is 18.2. The number of rotatable bonds is 10. The first-order valence-corrected chi connectivity index (χ1v) is 20.7. The number of aromatic nitrogens is 4. The number of hydrogen-bond acceptors (Lipinski definition) is 9. The van der Waals surface area contributed by atoms with Gasteiger partial charge in [-0.15, -0.1) is 0 Å². The molecular weight excluding hydrogens is 761 g/mol. The predicted octanol–water partition coefficient (Wildman–Crippen LogP) is 5.40. The van der Waals surface area contributed by atoms with Gasteiger partial charge in [-0.05, 0) is 72.9 Å². The van der Waals surface area contributed by atoms with Crippen molar-refractivity contribution in [2.24, 2.45) is 0 Å². The topological polar surface area (TPSA) is 169 Å². The molecule has 5 amide bonds. The molecule has 0 radical (unpaired) electrons. The van der Waals surface area contributed by atoms with Gasteiger partial charge in [0.2, 0.25) is 17.7 Å². The van der Waals surface area contributed by atoms with Crippen LogP contribution in [0.5, 0.6) is 0 Å². The number of piperidine rings is 1. The zero-order valence-electron chi connectivity index (χ0n) is 33.5. The molecule has 2 fully saturated rings. The second-order valence-electron chi connectivity index (χ2n) is 15.8. The van der Waals surface area contributed by atoms with Crippen LogP contribution in [0.4, 0.5) is 0 Å². The number of imidazole rings is 1. The van der Waals surface area contributed by atoms with Gasteiger partial charge >= 0.3 is 0 Å². The summed E-state index contributed by atoms with van der Waals surface area (Å²) >= 11 is 0. The lowest BCUT2D eigenvalue weighted by Gasteiger charge is -2.30. The van der Waals surface area contributed by atoms with E-state index in [9.17, 15) is 24.0 Å². The van der Waals surface area contributed by atoms with Crippen molar-refractivity contribution in [3.63, 3.8) is 0 Å². The third-order valence-corrected chi connectivity index (χ3v) is 12.1. The summed E-state index contributed by atoms with van der Waals surface area (Å²) in [5.74, 6) is 0.251. The van der Waals surface area contributed by atoms with Crippen molar-refractivity contribution in [1.29, 1.82) is 0 Å². The number of hydrogen-bond donors (Lipinski definition) is 2. The Morgan fingerprint density at radius 1 is 0.950 bits per heavy atom. The zero-order valence-corrected chi connectivity index (χ0v) is 33.5. The fourth-order valence-electron chi connectivity index (χ4n) is 8.85. The Morgan fingerprint density at radius 2 is 1.78 bits per heavy atom. The highest BCUT2D eigenvalue weighted by Gasteiger charge is 2.39. The molecule has 0 bridgehead atoms. The first kappa shape index (κ1) is 38.9. The molecule has 4 aliphatic rings. The number of benzene rings is 2. The van der Waals surface area contributed by atoms with Crippen molar-refractivity contribution >= 4 is 46.4 Å². The van der Waals surface area contributed by atoms with Crippen LogP contribution in [-0.4, -0.2) is 91.2 Å². The molecule has 0 spiro atoms. The molecular formula is C46H46N8O6. The Morgan fingerprint density at radius 3 is 2.58 bits per heavy atom. The van der Waals surface area contributed by atoms with Crippen LogP contribution in [0.25, 0.3) is 39.4 Å². The number of ether oxygens (including phenoxy) is 1. The van der Waals surface area contributed by atoms with Crippen LogP contribution >= 0.6 is 0 Å². The van der Waals surface area contributed by atoms with Gasteiger partial charge in [-0.2, -0.15) is 0 Å². The van der Waals surface area contributed by atoms with E-state index in [1.165, 1.54) is 0 Å². The van der Waals surface area contributed by atoms with Gasteiger partial charge in [-0.3, -0.25) is 39.3 Å². The maximum atomic E-state index is 13.1. The standard InChI is InChI=1S/C46H46N8O6/c1-28(55)52-19-20-53-40(27-52)42(51-43(53)30-16-21-60-22-17-30)33-10-6-9-31-23-38(49-25-35(31)33)32-12-13-37(48-24-32)44(57)47-18-4-2-3-7-29-8-5-11-34-36(29)26-54(46(34)59)39-14-15-41(56)50-45(39)58/h3,5-13,23-25,30,39H,2,4,14-22,26-27H2,1H3,(H,47,57)(H,50,56,58)/b7-3+. The van der Waals surface area contributed by atoms with Gasteiger partial charge in [-0.25, -0.2) is 4.98 Å². The Balaban J connectivity index is 0.826. The first-order chi connectivity index (χ1) is 29.2. The molecule has 306 valence electrons. The molecule has 2 saturated heterocycles. The van der Waals surface area contributed by atoms with Crippen LogP contribution in [0.1, 0.15) is 94.9 Å². The van der Waals surface area contributed by atoms with E-state index in [1.54, 1.807) is 30.2 Å². The van der Waals surface area contributed by atoms with E-state index in [0.717, 1.165) is 88.5 Å². The number of allylic oxidation sites excluding steroid dienone is 1. The highest BCUT2D eigenvalue weighted by atomic mass is 16.5. The van der Waals surface area contributed by atoms with Crippen LogP contribution in [0, 0.1) is 0 Å². The Labute approximate surface area is 347 Å². The molecule has 0 saturated carbocycles. The maximum Gasteiger partial charge on any atom is 0.269 e. The minimum Gasteiger partial charge on any atom is -0.381 e. The highest BCUT2D eigenvalue weighted by Crippen LogP contribution is 2.38. The number of nitrogens with zero attached hydrogens (tertiary/aromatic N) is 6. The molecule has 14 heteroatoms. The van der Waals surface area contributed by atoms with Crippen LogP contribution in [0.15, 0.2) is 73.1 Å². The van der Waals surface area contributed by atoms with Crippen molar-refractivity contribution in [2.45, 2.75) is 77.0 Å². The second-order valence-corrected chi connectivity index (χ2v) is 15.8. The van der Waals surface area contributed by atoms with Gasteiger partial charge in [0, 0.05) is 93.1 Å². The van der Waals surface area contributed by atoms with Gasteiger partial charge < -0.3 is 24.4 Å². The second kappa shape index (κ2) is 16.6. The Hall–Kier alpha value is -6.54. The third kappa shape index (κ3) is 7.58. The largest absolute Gasteiger partial charge is 0.381 e. The number of carbonyl (C=O) groups excluding carboxylic acids is 5. The zero-order chi connectivity index (χ0) is 41.3. The lowest BCUT2D eigenvalue weighted by molar-refractivity contribution is -0.137. The van der Waals surface area contributed by atoms with E-state index in [1.807, 2.05) is 53.6 Å². The number of imide groups is 1. The van der Waals surface area contributed by atoms with Crippen molar-refractivity contribution in [3.8, 4) is 22.5 Å². The van der Waals surface area contributed by atoms with E-state index in [2.05, 4.69) is 32.3 Å². The molecule has 7 heterocycles. The summed E-state index contributed by atoms with van der Waals surface area (Å²) < 4.78 is 7.98. The molecule has 4 aliphatic heterocycles. The SMILES string of the molecule is CC(=O)N1CCn2c(C3CCOCC3)nc(-c3cccc4cc(-c5ccc(C(=O)NCCC/C=C/c6cccc7c6CN(C6CCC(=O)NC6=O)C7=O)nc5)ncc34)c2C1. The molecule has 0 aliphatic carbocycles. The van der Waals surface area contributed by atoms with Gasteiger partial charge in [0.15, 0.2) is 0 Å². The van der Waals surface area contributed by atoms with Gasteiger partial charge in [0.1, 0.15) is 17.6 Å². The van der Waals surface area contributed by atoms with Crippen LogP contribution in [0.2, 0.25) is 0 Å². The number of nitrogens with one attached hydrogen (secondary N) is 2. The quantitative estimate of drug-likeness (QED) is 0.139. The molecule has 2 aromatic carbocycles. The van der Waals surface area contributed by atoms with Crippen molar-refractivity contribution in [2.75, 3.05) is 26.3 Å². The Bertz CT molecular complexity index is 2560. The van der Waals surface area contributed by atoms with E-state index >= 15 is 0 Å². The molecule has 60 heavy (non-hydrogen) atoms. The first-order valence-electron chi connectivity index (χ1n) is 20.7. The fourth-order valence-corrected chi connectivity index (χ4v) is 8.85. The lowest BCUT2D eigenvalue weighted by atomic mass is 9.99. The Kier molecular flexibility index (Phi) is 10.8. The van der Waals surface area contributed by atoms with E-state index in [-0.39, 0.29) is 30.0 Å². The summed E-state index contributed by atoms with van der Waals surface area (Å²) in [5, 5.41) is 7.27. The van der Waals surface area contributed by atoms with E-state index < -0.39 is 11.9 Å². The van der Waals surface area contributed by atoms with Crippen molar-refractivity contribution in [3.05, 3.63) is 107 Å². The average Bonchev–Trinajstić information content (AvgIpc) is 3.82. The minimum atomic E-state index is -0.655. The fraction of sp³-hybridized carbons (Fsp3) is 0.348. The van der Waals surface area contributed by atoms with Gasteiger partial charge in [-0.1, -0.05) is 42.5 Å². The summed E-state index contributed by atoms with van der Waals surface area (Å²) in [4.78, 5) is 80.6. The maximum absolute atomic E-state index is 13.1. The summed E-state index contributed by atoms with van der Waals surface area (Å²) in [5.41, 5.74) is 7.12. The van der Waals surface area contributed by atoms with Crippen LogP contribution in [-0.2, 0) is 38.8 Å². The average molecular weight is 807 g/mol. The number of carbonyl (C=O) groups is 5. The smallest absolute Gasteiger partial charge is 0.269 e. The highest BCUT2D eigenvalue weighted by molar-refractivity contribution is 6.06. The molecule has 5 aromatic rings. The van der Waals surface area contributed by atoms with Gasteiger partial charge in [0.25, 0.3) is 11.8 Å². The molecule has 9 rings (SSSR count). The monoisotopic (exact) mass is 806 g/mol. The molecule has 1 unspecified atom stereocenters. The van der Waals surface area contributed by atoms with Crippen molar-refractivity contribution < 1.29 is 28.7 Å². The summed E-state index contributed by atoms with van der Waals surface area (Å²) in [6.45, 7) is 5.75. The summed E-state index contributed by atoms with van der Waals surface area (Å²) in [6, 6.07) is 16.7. The molecule has 2 N–H and O–H groups in total. The lowest BCUT2D eigenvalue weighted by Crippen LogP contribution is -2.52. The predicted molar refractivity (Wildman–Crippen MR) is 223 cm³/mol. The minimum absolute atomic E-state index is 0.0583.